The minimum absolute atomic E-state index is 0.105. The molecule has 3 rings (SSSR count). The van der Waals surface area contributed by atoms with E-state index in [1.54, 1.807) is 6.92 Å². The first kappa shape index (κ1) is 15.0. The van der Waals surface area contributed by atoms with Gasteiger partial charge in [-0.15, -0.1) is 0 Å². The number of nitrogens with zero attached hydrogens (tertiary/aromatic N) is 3. The molecule has 0 saturated heterocycles. The Hall–Kier alpha value is -2.96. The van der Waals surface area contributed by atoms with E-state index in [1.165, 1.54) is 0 Å². The lowest BCUT2D eigenvalue weighted by Crippen LogP contribution is -2.08. The molecule has 0 saturated carbocycles. The molecule has 1 aromatic carbocycles. The molecule has 0 aliphatic rings. The fourth-order valence-corrected chi connectivity index (χ4v) is 2.14. The van der Waals surface area contributed by atoms with Gasteiger partial charge in [-0.05, 0) is 13.3 Å². The molecule has 23 heavy (non-hydrogen) atoms. The third-order valence-electron chi connectivity index (χ3n) is 3.30. The summed E-state index contributed by atoms with van der Waals surface area (Å²) in [5.41, 5.74) is 1.76. The number of carbonyl (C=O) groups excluding carboxylic acids is 1. The van der Waals surface area contributed by atoms with E-state index in [1.807, 2.05) is 37.3 Å². The van der Waals surface area contributed by atoms with Gasteiger partial charge in [0.05, 0.1) is 5.69 Å². The van der Waals surface area contributed by atoms with Crippen molar-refractivity contribution >= 4 is 5.97 Å². The normalized spacial score (nSPS) is 10.7. The molecule has 0 fully saturated rings. The van der Waals surface area contributed by atoms with Gasteiger partial charge >= 0.3 is 5.97 Å². The van der Waals surface area contributed by atoms with Gasteiger partial charge in [0.25, 0.3) is 5.89 Å². The molecule has 118 valence electrons. The van der Waals surface area contributed by atoms with Crippen LogP contribution in [-0.4, -0.2) is 21.3 Å². The van der Waals surface area contributed by atoms with Gasteiger partial charge in [0.1, 0.15) is 11.3 Å². The predicted octanol–water partition coefficient (Wildman–Crippen LogP) is 2.95. The second-order valence-corrected chi connectivity index (χ2v) is 4.87. The number of rotatable bonds is 5. The maximum Gasteiger partial charge on any atom is 0.344 e. The van der Waals surface area contributed by atoms with Crippen LogP contribution in [-0.2, 0) is 17.8 Å². The Labute approximate surface area is 132 Å². The van der Waals surface area contributed by atoms with Crippen LogP contribution in [0, 0.1) is 6.92 Å². The molecule has 0 bridgehead atoms. The molecule has 3 aromatic rings. The van der Waals surface area contributed by atoms with E-state index in [9.17, 15) is 4.79 Å². The third-order valence-corrected chi connectivity index (χ3v) is 3.30. The van der Waals surface area contributed by atoms with E-state index in [4.69, 9.17) is 13.8 Å². The lowest BCUT2D eigenvalue weighted by atomic mass is 10.1. The standard InChI is InChI=1S/C16H15N3O4/c1-3-12-14(10(2)22-18-12)16(20)21-9-13-17-15(19-23-13)11-7-5-4-6-8-11/h4-8H,3,9H2,1-2H3. The molecule has 0 amide bonds. The first-order valence-corrected chi connectivity index (χ1v) is 7.19. The minimum Gasteiger partial charge on any atom is -0.452 e. The SMILES string of the molecule is CCc1noc(C)c1C(=O)OCc1nc(-c2ccccc2)no1. The quantitative estimate of drug-likeness (QED) is 0.669. The van der Waals surface area contributed by atoms with Crippen molar-refractivity contribution in [2.45, 2.75) is 26.9 Å². The van der Waals surface area contributed by atoms with Gasteiger partial charge in [-0.2, -0.15) is 4.98 Å². The van der Waals surface area contributed by atoms with Gasteiger partial charge in [0.2, 0.25) is 5.82 Å². The first-order chi connectivity index (χ1) is 11.2. The number of ether oxygens (including phenoxy) is 1. The predicted molar refractivity (Wildman–Crippen MR) is 79.5 cm³/mol. The Morgan fingerprint density at radius 2 is 1.96 bits per heavy atom. The lowest BCUT2D eigenvalue weighted by molar-refractivity contribution is 0.0426. The summed E-state index contributed by atoms with van der Waals surface area (Å²) in [5.74, 6) is 0.596. The second kappa shape index (κ2) is 6.43. The van der Waals surface area contributed by atoms with Gasteiger partial charge in [0.15, 0.2) is 6.61 Å². The largest absolute Gasteiger partial charge is 0.452 e. The van der Waals surface area contributed by atoms with Crippen LogP contribution < -0.4 is 0 Å². The number of carbonyl (C=O) groups is 1. The minimum atomic E-state index is -0.514. The van der Waals surface area contributed by atoms with Crippen LogP contribution in [0.25, 0.3) is 11.4 Å². The van der Waals surface area contributed by atoms with Crippen LogP contribution in [0.3, 0.4) is 0 Å². The maximum atomic E-state index is 12.1. The van der Waals surface area contributed by atoms with Gasteiger partial charge < -0.3 is 13.8 Å². The van der Waals surface area contributed by atoms with Crippen molar-refractivity contribution in [3.05, 3.63) is 53.2 Å². The summed E-state index contributed by atoms with van der Waals surface area (Å²) in [6.45, 7) is 3.45. The molecule has 2 aromatic heterocycles. The van der Waals surface area contributed by atoms with Crippen molar-refractivity contribution in [1.29, 1.82) is 0 Å². The summed E-state index contributed by atoms with van der Waals surface area (Å²) in [7, 11) is 0. The second-order valence-electron chi connectivity index (χ2n) is 4.87. The Bertz CT molecular complexity index is 808. The summed E-state index contributed by atoms with van der Waals surface area (Å²) in [6.07, 6.45) is 0.584. The molecule has 2 heterocycles. The Morgan fingerprint density at radius 3 is 2.70 bits per heavy atom. The molecular weight excluding hydrogens is 298 g/mol. The Balaban J connectivity index is 1.68. The van der Waals surface area contributed by atoms with Gasteiger partial charge in [-0.25, -0.2) is 4.79 Å². The number of hydrogen-bond donors (Lipinski definition) is 0. The highest BCUT2D eigenvalue weighted by atomic mass is 16.6. The number of aromatic nitrogens is 3. The molecule has 0 radical (unpaired) electrons. The molecule has 0 aliphatic heterocycles. The fraction of sp³-hybridized carbons (Fsp3) is 0.250. The highest BCUT2D eigenvalue weighted by molar-refractivity contribution is 5.91. The van der Waals surface area contributed by atoms with Crippen molar-refractivity contribution in [1.82, 2.24) is 15.3 Å². The van der Waals surface area contributed by atoms with E-state index < -0.39 is 5.97 Å². The first-order valence-electron chi connectivity index (χ1n) is 7.19. The van der Waals surface area contributed by atoms with Crippen molar-refractivity contribution < 1.29 is 18.6 Å². The maximum absolute atomic E-state index is 12.1. The van der Waals surface area contributed by atoms with Crippen LogP contribution in [0.15, 0.2) is 39.4 Å². The average Bonchev–Trinajstić information content (AvgIpc) is 3.20. The van der Waals surface area contributed by atoms with E-state index in [0.717, 1.165) is 5.56 Å². The van der Waals surface area contributed by atoms with Gasteiger partial charge in [0, 0.05) is 5.56 Å². The Morgan fingerprint density at radius 1 is 1.17 bits per heavy atom. The molecule has 0 spiro atoms. The van der Waals surface area contributed by atoms with Crippen molar-refractivity contribution in [3.8, 4) is 11.4 Å². The molecule has 0 atom stereocenters. The van der Waals surface area contributed by atoms with Gasteiger partial charge in [-0.1, -0.05) is 47.6 Å². The number of hydrogen-bond acceptors (Lipinski definition) is 7. The van der Waals surface area contributed by atoms with Crippen LogP contribution in [0.5, 0.6) is 0 Å². The number of aryl methyl sites for hydroxylation is 2. The highest BCUT2D eigenvalue weighted by Crippen LogP contribution is 2.17. The smallest absolute Gasteiger partial charge is 0.344 e. The molecule has 0 N–H and O–H groups in total. The zero-order valence-electron chi connectivity index (χ0n) is 12.8. The zero-order chi connectivity index (χ0) is 16.2. The van der Waals surface area contributed by atoms with E-state index in [-0.39, 0.29) is 12.5 Å². The summed E-state index contributed by atoms with van der Waals surface area (Å²) < 4.78 is 15.3. The molecular formula is C16H15N3O4. The van der Waals surface area contributed by atoms with Crippen LogP contribution in [0.1, 0.15) is 34.6 Å². The monoisotopic (exact) mass is 313 g/mol. The zero-order valence-corrected chi connectivity index (χ0v) is 12.8. The third kappa shape index (κ3) is 3.13. The highest BCUT2D eigenvalue weighted by Gasteiger charge is 2.21. The van der Waals surface area contributed by atoms with Crippen molar-refractivity contribution in [2.75, 3.05) is 0 Å². The molecule has 0 unspecified atom stereocenters. The van der Waals surface area contributed by atoms with Crippen LogP contribution in [0.2, 0.25) is 0 Å². The fourth-order valence-electron chi connectivity index (χ4n) is 2.14. The Kier molecular flexibility index (Phi) is 4.18. The van der Waals surface area contributed by atoms with E-state index in [0.29, 0.717) is 29.3 Å². The van der Waals surface area contributed by atoms with E-state index >= 15 is 0 Å². The van der Waals surface area contributed by atoms with Crippen molar-refractivity contribution in [3.63, 3.8) is 0 Å². The number of esters is 1. The lowest BCUT2D eigenvalue weighted by Gasteiger charge is -2.01. The summed E-state index contributed by atoms with van der Waals surface area (Å²) >= 11 is 0. The topological polar surface area (TPSA) is 91.2 Å². The van der Waals surface area contributed by atoms with Gasteiger partial charge in [-0.3, -0.25) is 0 Å². The molecule has 0 aliphatic carbocycles. The average molecular weight is 313 g/mol. The van der Waals surface area contributed by atoms with Crippen LogP contribution >= 0.6 is 0 Å². The number of benzene rings is 1. The van der Waals surface area contributed by atoms with Crippen LogP contribution in [0.4, 0.5) is 0 Å². The summed E-state index contributed by atoms with van der Waals surface area (Å²) in [6, 6.07) is 9.40. The molecule has 7 heteroatoms. The van der Waals surface area contributed by atoms with E-state index in [2.05, 4.69) is 15.3 Å². The summed E-state index contributed by atoms with van der Waals surface area (Å²) in [4.78, 5) is 16.3. The summed E-state index contributed by atoms with van der Waals surface area (Å²) in [5, 5.41) is 7.70. The van der Waals surface area contributed by atoms with Crippen molar-refractivity contribution in [2.24, 2.45) is 0 Å². The molecule has 7 nitrogen and oxygen atoms in total.